The van der Waals surface area contributed by atoms with Crippen LogP contribution < -0.4 is 10.0 Å². The van der Waals surface area contributed by atoms with Crippen LogP contribution >= 0.6 is 0 Å². The van der Waals surface area contributed by atoms with E-state index in [0.29, 0.717) is 0 Å². The van der Waals surface area contributed by atoms with Crippen molar-refractivity contribution in [2.24, 2.45) is 0 Å². The van der Waals surface area contributed by atoms with Gasteiger partial charge >= 0.3 is 0 Å². The summed E-state index contributed by atoms with van der Waals surface area (Å²) in [7, 11) is -7.30. The van der Waals surface area contributed by atoms with Crippen molar-refractivity contribution in [2.45, 2.75) is 42.7 Å². The standard InChI is InChI=1S/C18H24N2O6S2/c1-18(2,3)20-28(24,25)16-11-10-15(26-16)17(21)19-12-7-13-27(22,23)14-8-5-4-6-9-14/h4-6,8-11,20H,7,12-13H2,1-3H3,(H,19,21). The van der Waals surface area contributed by atoms with Crippen LogP contribution in [0.2, 0.25) is 0 Å². The molecule has 0 saturated heterocycles. The number of hydrogen-bond acceptors (Lipinski definition) is 6. The predicted octanol–water partition coefficient (Wildman–Crippen LogP) is 1.95. The number of rotatable bonds is 8. The van der Waals surface area contributed by atoms with Crippen LogP contribution in [0.5, 0.6) is 0 Å². The first-order chi connectivity index (χ1) is 12.9. The Labute approximate surface area is 165 Å². The number of carbonyl (C=O) groups excluding carboxylic acids is 1. The second-order valence-electron chi connectivity index (χ2n) is 7.22. The molecule has 8 nitrogen and oxygen atoms in total. The van der Waals surface area contributed by atoms with Crippen molar-refractivity contribution in [1.82, 2.24) is 10.0 Å². The molecule has 0 saturated carbocycles. The van der Waals surface area contributed by atoms with Crippen LogP contribution in [0.15, 0.2) is 56.9 Å². The summed E-state index contributed by atoms with van der Waals surface area (Å²) >= 11 is 0. The van der Waals surface area contributed by atoms with E-state index in [0.717, 1.165) is 0 Å². The molecule has 0 aliphatic heterocycles. The highest BCUT2D eigenvalue weighted by molar-refractivity contribution is 7.91. The number of sulfone groups is 1. The van der Waals surface area contributed by atoms with Crippen LogP contribution in [-0.2, 0) is 19.9 Å². The molecule has 0 unspecified atom stereocenters. The van der Waals surface area contributed by atoms with Crippen molar-refractivity contribution in [3.05, 3.63) is 48.2 Å². The molecule has 1 amide bonds. The van der Waals surface area contributed by atoms with Gasteiger partial charge < -0.3 is 9.73 Å². The second-order valence-corrected chi connectivity index (χ2v) is 10.9. The zero-order valence-corrected chi connectivity index (χ0v) is 17.6. The average molecular weight is 429 g/mol. The molecule has 2 rings (SSSR count). The largest absolute Gasteiger partial charge is 0.438 e. The first kappa shape index (κ1) is 22.1. The maximum atomic E-state index is 12.2. The molecular formula is C18H24N2O6S2. The van der Waals surface area contributed by atoms with Gasteiger partial charge in [-0.25, -0.2) is 21.6 Å². The summed E-state index contributed by atoms with van der Waals surface area (Å²) in [4.78, 5) is 12.3. The molecule has 0 aliphatic rings. The Morgan fingerprint density at radius 2 is 1.64 bits per heavy atom. The van der Waals surface area contributed by atoms with Crippen LogP contribution in [0.4, 0.5) is 0 Å². The van der Waals surface area contributed by atoms with Gasteiger partial charge in [-0.15, -0.1) is 0 Å². The molecule has 0 atom stereocenters. The number of carbonyl (C=O) groups is 1. The average Bonchev–Trinajstić information content (AvgIpc) is 3.08. The van der Waals surface area contributed by atoms with E-state index in [9.17, 15) is 21.6 Å². The van der Waals surface area contributed by atoms with Crippen LogP contribution in [-0.4, -0.2) is 40.6 Å². The van der Waals surface area contributed by atoms with E-state index in [-0.39, 0.29) is 34.5 Å². The number of benzene rings is 1. The van der Waals surface area contributed by atoms with Crippen LogP contribution in [0.25, 0.3) is 0 Å². The number of amides is 1. The first-order valence-electron chi connectivity index (χ1n) is 8.61. The van der Waals surface area contributed by atoms with Crippen LogP contribution in [0, 0.1) is 0 Å². The van der Waals surface area contributed by atoms with Gasteiger partial charge in [0.15, 0.2) is 15.6 Å². The topological polar surface area (TPSA) is 123 Å². The Morgan fingerprint density at radius 3 is 2.25 bits per heavy atom. The molecular weight excluding hydrogens is 404 g/mol. The van der Waals surface area contributed by atoms with Crippen LogP contribution in [0.1, 0.15) is 37.7 Å². The summed E-state index contributed by atoms with van der Waals surface area (Å²) in [5.74, 6) is -0.903. The monoisotopic (exact) mass is 428 g/mol. The van der Waals surface area contributed by atoms with E-state index >= 15 is 0 Å². The van der Waals surface area contributed by atoms with Gasteiger partial charge in [-0.3, -0.25) is 4.79 Å². The van der Waals surface area contributed by atoms with Gasteiger partial charge in [0.2, 0.25) is 5.09 Å². The highest BCUT2D eigenvalue weighted by atomic mass is 32.2. The molecule has 1 aromatic heterocycles. The third-order valence-electron chi connectivity index (χ3n) is 3.49. The molecule has 2 N–H and O–H groups in total. The molecule has 10 heteroatoms. The Bertz CT molecular complexity index is 1020. The summed E-state index contributed by atoms with van der Waals surface area (Å²) in [6.07, 6.45) is 0.209. The van der Waals surface area contributed by atoms with E-state index in [4.69, 9.17) is 4.42 Å². The van der Waals surface area contributed by atoms with Crippen molar-refractivity contribution in [2.75, 3.05) is 12.3 Å². The van der Waals surface area contributed by atoms with Crippen molar-refractivity contribution in [3.8, 4) is 0 Å². The van der Waals surface area contributed by atoms with Crippen molar-refractivity contribution < 1.29 is 26.0 Å². The molecule has 0 radical (unpaired) electrons. The summed E-state index contributed by atoms with van der Waals surface area (Å²) in [5.41, 5.74) is -0.696. The van der Waals surface area contributed by atoms with E-state index in [1.807, 2.05) is 0 Å². The third kappa shape index (κ3) is 6.18. The molecule has 0 aliphatic carbocycles. The number of sulfonamides is 1. The fourth-order valence-electron chi connectivity index (χ4n) is 2.34. The number of hydrogen-bond donors (Lipinski definition) is 2. The van der Waals surface area contributed by atoms with E-state index in [2.05, 4.69) is 10.0 Å². The SMILES string of the molecule is CC(C)(C)NS(=O)(=O)c1ccc(C(=O)NCCCS(=O)(=O)c2ccccc2)o1. The third-order valence-corrected chi connectivity index (χ3v) is 6.94. The highest BCUT2D eigenvalue weighted by Gasteiger charge is 2.26. The number of nitrogens with one attached hydrogen (secondary N) is 2. The summed E-state index contributed by atoms with van der Waals surface area (Å²) in [6, 6.07) is 10.5. The van der Waals surface area contributed by atoms with Crippen LogP contribution in [0.3, 0.4) is 0 Å². The lowest BCUT2D eigenvalue weighted by Crippen LogP contribution is -2.40. The molecule has 1 heterocycles. The Kier molecular flexibility index (Phi) is 6.68. The van der Waals surface area contributed by atoms with Gasteiger partial charge in [-0.05, 0) is 51.5 Å². The zero-order chi connectivity index (χ0) is 21.0. The molecule has 1 aromatic carbocycles. The summed E-state index contributed by atoms with van der Waals surface area (Å²) in [5, 5.41) is 2.16. The lowest BCUT2D eigenvalue weighted by Gasteiger charge is -2.18. The minimum Gasteiger partial charge on any atom is -0.438 e. The molecule has 0 spiro atoms. The smallest absolute Gasteiger partial charge is 0.287 e. The maximum Gasteiger partial charge on any atom is 0.287 e. The first-order valence-corrected chi connectivity index (χ1v) is 11.7. The fourth-order valence-corrected chi connectivity index (χ4v) is 5.02. The highest BCUT2D eigenvalue weighted by Crippen LogP contribution is 2.16. The van der Waals surface area contributed by atoms with E-state index < -0.39 is 31.3 Å². The molecule has 0 fully saturated rings. The normalized spacial score (nSPS) is 12.7. The van der Waals surface area contributed by atoms with Gasteiger partial charge in [-0.1, -0.05) is 18.2 Å². The summed E-state index contributed by atoms with van der Waals surface area (Å²) in [6.45, 7) is 5.16. The second kappa shape index (κ2) is 8.46. The van der Waals surface area contributed by atoms with Gasteiger partial charge in [-0.2, -0.15) is 0 Å². The summed E-state index contributed by atoms with van der Waals surface area (Å²) < 4.78 is 56.3. The quantitative estimate of drug-likeness (QED) is 0.620. The van der Waals surface area contributed by atoms with Gasteiger partial charge in [0.25, 0.3) is 15.9 Å². The van der Waals surface area contributed by atoms with Gasteiger partial charge in [0.1, 0.15) is 0 Å². The molecule has 2 aromatic rings. The minimum absolute atomic E-state index is 0.105. The van der Waals surface area contributed by atoms with Gasteiger partial charge in [0.05, 0.1) is 10.6 Å². The zero-order valence-electron chi connectivity index (χ0n) is 15.9. The van der Waals surface area contributed by atoms with E-state index in [1.165, 1.54) is 24.3 Å². The fraction of sp³-hybridized carbons (Fsp3) is 0.389. The van der Waals surface area contributed by atoms with E-state index in [1.54, 1.807) is 39.0 Å². The Balaban J connectivity index is 1.90. The van der Waals surface area contributed by atoms with Gasteiger partial charge in [0, 0.05) is 12.1 Å². The Morgan fingerprint density at radius 1 is 1.00 bits per heavy atom. The molecule has 154 valence electrons. The molecule has 28 heavy (non-hydrogen) atoms. The molecule has 0 bridgehead atoms. The Hall–Kier alpha value is -2.17. The predicted molar refractivity (Wildman–Crippen MR) is 104 cm³/mol. The minimum atomic E-state index is -3.88. The maximum absolute atomic E-state index is 12.2. The van der Waals surface area contributed by atoms with Crippen molar-refractivity contribution >= 4 is 25.8 Å². The lowest BCUT2D eigenvalue weighted by atomic mass is 10.1. The van der Waals surface area contributed by atoms with Crippen molar-refractivity contribution in [3.63, 3.8) is 0 Å². The lowest BCUT2D eigenvalue weighted by molar-refractivity contribution is 0.0920. The number of furan rings is 1. The van der Waals surface area contributed by atoms with Crippen molar-refractivity contribution in [1.29, 1.82) is 0 Å².